The molecule has 3 aromatic rings. The second-order valence-electron chi connectivity index (χ2n) is 9.95. The number of hydrogen-bond acceptors (Lipinski definition) is 7. The molecule has 2 aliphatic heterocycles. The Kier molecular flexibility index (Phi) is 7.67. The first-order valence-electron chi connectivity index (χ1n) is 12.6. The van der Waals surface area contributed by atoms with Crippen LogP contribution in [0.5, 0.6) is 0 Å². The molecule has 0 amide bonds. The van der Waals surface area contributed by atoms with Gasteiger partial charge >= 0.3 is 0 Å². The van der Waals surface area contributed by atoms with Crippen LogP contribution in [0.25, 0.3) is 11.3 Å². The third-order valence-electron chi connectivity index (χ3n) is 6.56. The van der Waals surface area contributed by atoms with E-state index in [1.165, 1.54) is 19.6 Å². The monoisotopic (exact) mass is 522 g/mol. The Morgan fingerprint density at radius 1 is 1.03 bits per heavy atom. The fraction of sp³-hybridized carbons (Fsp3) is 0.393. The Morgan fingerprint density at radius 2 is 1.83 bits per heavy atom. The highest BCUT2D eigenvalue weighted by Crippen LogP contribution is 2.52. The summed E-state index contributed by atoms with van der Waals surface area (Å²) in [5, 5.41) is 3.66. The fourth-order valence-corrected chi connectivity index (χ4v) is 7.12. The molecule has 2 aromatic carbocycles. The van der Waals surface area contributed by atoms with Gasteiger partial charge in [-0.25, -0.2) is 0 Å². The Balaban J connectivity index is 1.43. The van der Waals surface area contributed by atoms with Crippen molar-refractivity contribution < 1.29 is 4.74 Å². The minimum Gasteiger partial charge on any atom is -0.381 e. The van der Waals surface area contributed by atoms with Gasteiger partial charge in [0.25, 0.3) is 0 Å². The van der Waals surface area contributed by atoms with Gasteiger partial charge in [0.05, 0.1) is 18.9 Å². The zero-order chi connectivity index (χ0) is 25.2. The molecule has 4 N–H and O–H groups in total. The van der Waals surface area contributed by atoms with Crippen LogP contribution in [0.2, 0.25) is 0 Å². The van der Waals surface area contributed by atoms with E-state index in [0.717, 1.165) is 42.1 Å². The average molecular weight is 523 g/mol. The molecule has 0 radical (unpaired) electrons. The number of ether oxygens (including phenoxy) is 1. The second kappa shape index (κ2) is 10.9. The van der Waals surface area contributed by atoms with Gasteiger partial charge in [-0.1, -0.05) is 49.5 Å². The van der Waals surface area contributed by atoms with E-state index in [9.17, 15) is 4.79 Å². The molecule has 0 aliphatic carbocycles. The molecule has 36 heavy (non-hydrogen) atoms. The first kappa shape index (κ1) is 25.3. The van der Waals surface area contributed by atoms with Crippen molar-refractivity contribution in [1.29, 1.82) is 0 Å². The third kappa shape index (κ3) is 5.62. The van der Waals surface area contributed by atoms with Crippen LogP contribution >= 0.6 is 23.5 Å². The molecular weight excluding hydrogens is 488 g/mol. The van der Waals surface area contributed by atoms with E-state index in [-0.39, 0.29) is 17.6 Å². The van der Waals surface area contributed by atoms with E-state index in [1.807, 2.05) is 0 Å². The minimum atomic E-state index is -0.0822. The molecule has 0 saturated carbocycles. The number of rotatable bonds is 7. The Hall–Kier alpha value is -2.39. The van der Waals surface area contributed by atoms with Gasteiger partial charge in [0.2, 0.25) is 5.56 Å². The van der Waals surface area contributed by atoms with Crippen molar-refractivity contribution in [2.75, 3.05) is 36.5 Å². The molecule has 2 atom stereocenters. The first-order chi connectivity index (χ1) is 17.4. The number of nitrogens with zero attached hydrogens (tertiary/aromatic N) is 1. The summed E-state index contributed by atoms with van der Waals surface area (Å²) in [5.74, 6) is 0.578. The van der Waals surface area contributed by atoms with Crippen molar-refractivity contribution in [1.82, 2.24) is 4.98 Å². The Labute approximate surface area is 221 Å². The van der Waals surface area contributed by atoms with E-state index in [0.29, 0.717) is 19.1 Å². The van der Waals surface area contributed by atoms with Crippen LogP contribution in [0.3, 0.4) is 0 Å². The van der Waals surface area contributed by atoms with Crippen molar-refractivity contribution in [2.45, 2.75) is 58.9 Å². The summed E-state index contributed by atoms with van der Waals surface area (Å²) in [4.78, 5) is 22.7. The second-order valence-corrected chi connectivity index (χ2v) is 12.1. The summed E-state index contributed by atoms with van der Waals surface area (Å²) < 4.78 is 5.49. The molecule has 190 valence electrons. The molecule has 0 bridgehead atoms. The van der Waals surface area contributed by atoms with Crippen LogP contribution in [-0.4, -0.2) is 43.4 Å². The average Bonchev–Trinajstić information content (AvgIpc) is 2.86. The standard InChI is InChI=1S/C28H34N4O2S2/c1-17(2)13-22(18(3)29)30-19-7-8-24-26(14-19)35-25-6-4-5-21(28(25)36-24)23-15-20(16-27(33)31-23)32-9-11-34-12-10-32/h4-8,14-18,22,30H,9-13,29H2,1-3H3,(H,31,33)/t18-,22?/m0/s1. The van der Waals surface area contributed by atoms with Crippen molar-refractivity contribution in [3.05, 3.63) is 58.9 Å². The molecule has 1 fully saturated rings. The van der Waals surface area contributed by atoms with Crippen LogP contribution in [0.15, 0.2) is 72.9 Å². The number of nitrogens with two attached hydrogens (primary N) is 1. The molecule has 0 spiro atoms. The van der Waals surface area contributed by atoms with E-state index >= 15 is 0 Å². The highest BCUT2D eigenvalue weighted by atomic mass is 32.2. The normalized spacial score (nSPS) is 16.9. The summed E-state index contributed by atoms with van der Waals surface area (Å²) >= 11 is 3.55. The van der Waals surface area contributed by atoms with Gasteiger partial charge in [-0.3, -0.25) is 4.79 Å². The lowest BCUT2D eigenvalue weighted by molar-refractivity contribution is 0.122. The summed E-state index contributed by atoms with van der Waals surface area (Å²) in [6, 6.07) is 17.0. The van der Waals surface area contributed by atoms with Gasteiger partial charge in [0.15, 0.2) is 0 Å². The van der Waals surface area contributed by atoms with Gasteiger partial charge in [0, 0.05) is 67.8 Å². The van der Waals surface area contributed by atoms with E-state index in [1.54, 1.807) is 29.6 Å². The zero-order valence-corrected chi connectivity index (χ0v) is 22.7. The van der Waals surface area contributed by atoms with Gasteiger partial charge in [-0.15, -0.1) is 0 Å². The maximum Gasteiger partial charge on any atom is 0.250 e. The smallest absolute Gasteiger partial charge is 0.250 e. The highest BCUT2D eigenvalue weighted by molar-refractivity contribution is 8.05. The lowest BCUT2D eigenvalue weighted by atomic mass is 9.98. The number of nitrogens with one attached hydrogen (secondary N) is 2. The maximum atomic E-state index is 12.6. The number of benzene rings is 2. The lowest BCUT2D eigenvalue weighted by Gasteiger charge is -2.29. The lowest BCUT2D eigenvalue weighted by Crippen LogP contribution is -2.38. The van der Waals surface area contributed by atoms with Gasteiger partial charge in [-0.05, 0) is 49.6 Å². The van der Waals surface area contributed by atoms with Crippen molar-refractivity contribution in [2.24, 2.45) is 11.7 Å². The third-order valence-corrected chi connectivity index (χ3v) is 9.16. The number of fused-ring (bicyclic) bond motifs is 2. The van der Waals surface area contributed by atoms with Gasteiger partial charge in [0.1, 0.15) is 0 Å². The molecular formula is C28H34N4O2S2. The van der Waals surface area contributed by atoms with Gasteiger partial charge in [-0.2, -0.15) is 0 Å². The number of pyridine rings is 1. The topological polar surface area (TPSA) is 83.4 Å². The summed E-state index contributed by atoms with van der Waals surface area (Å²) in [7, 11) is 0. The number of aromatic nitrogens is 1. The zero-order valence-electron chi connectivity index (χ0n) is 21.0. The van der Waals surface area contributed by atoms with Crippen LogP contribution in [0.4, 0.5) is 11.4 Å². The summed E-state index contributed by atoms with van der Waals surface area (Å²) in [6.07, 6.45) is 1.03. The SMILES string of the molecule is CC(C)CC(Nc1ccc2c(c1)Sc1cccc(-c3cc(N4CCOCC4)cc(=O)[nH]3)c1S2)[C@H](C)N. The van der Waals surface area contributed by atoms with Crippen molar-refractivity contribution in [3.63, 3.8) is 0 Å². The quantitative estimate of drug-likeness (QED) is 0.288. The molecule has 5 rings (SSSR count). The van der Waals surface area contributed by atoms with E-state index in [4.69, 9.17) is 10.5 Å². The number of aromatic amines is 1. The predicted molar refractivity (Wildman–Crippen MR) is 151 cm³/mol. The van der Waals surface area contributed by atoms with Crippen LogP contribution < -0.4 is 21.5 Å². The Bertz CT molecular complexity index is 1280. The molecule has 1 saturated heterocycles. The Morgan fingerprint density at radius 3 is 2.58 bits per heavy atom. The number of hydrogen-bond donors (Lipinski definition) is 3. The number of H-pyrrole nitrogens is 1. The minimum absolute atomic E-state index is 0.0733. The first-order valence-corrected chi connectivity index (χ1v) is 14.2. The van der Waals surface area contributed by atoms with Crippen LogP contribution in [0, 0.1) is 5.92 Å². The van der Waals surface area contributed by atoms with Crippen molar-refractivity contribution >= 4 is 34.9 Å². The number of morpholine rings is 1. The van der Waals surface area contributed by atoms with E-state index < -0.39 is 0 Å². The maximum absolute atomic E-state index is 12.6. The fourth-order valence-electron chi connectivity index (χ4n) is 4.71. The van der Waals surface area contributed by atoms with Crippen LogP contribution in [0.1, 0.15) is 27.2 Å². The molecule has 3 heterocycles. The molecule has 1 unspecified atom stereocenters. The van der Waals surface area contributed by atoms with Gasteiger partial charge < -0.3 is 25.7 Å². The van der Waals surface area contributed by atoms with Crippen LogP contribution in [-0.2, 0) is 4.74 Å². The summed E-state index contributed by atoms with van der Waals surface area (Å²) in [6.45, 7) is 9.50. The van der Waals surface area contributed by atoms with E-state index in [2.05, 4.69) is 78.4 Å². The van der Waals surface area contributed by atoms with Crippen molar-refractivity contribution in [3.8, 4) is 11.3 Å². The molecule has 8 heteroatoms. The predicted octanol–water partition coefficient (Wildman–Crippen LogP) is 5.67. The molecule has 1 aromatic heterocycles. The summed E-state index contributed by atoms with van der Waals surface area (Å²) in [5.41, 5.74) is 10.1. The number of anilines is 2. The highest BCUT2D eigenvalue weighted by Gasteiger charge is 2.23. The largest absolute Gasteiger partial charge is 0.381 e. The molecule has 2 aliphatic rings. The molecule has 6 nitrogen and oxygen atoms in total.